The summed E-state index contributed by atoms with van der Waals surface area (Å²) in [7, 11) is -0.242. The number of ether oxygens (including phenoxy) is 2. The SMILES string of the molecule is COc1ccc(OP(C)(=O)Oc2ccc(OC)c3ccccc23)c2ccccc12. The number of fused-ring (bicyclic) bond motifs is 2. The molecule has 0 aliphatic rings. The highest BCUT2D eigenvalue weighted by Gasteiger charge is 2.24. The molecule has 0 radical (unpaired) electrons. The Morgan fingerprint density at radius 2 is 0.862 bits per heavy atom. The van der Waals surface area contributed by atoms with E-state index in [2.05, 4.69) is 0 Å². The summed E-state index contributed by atoms with van der Waals surface area (Å²) in [4.78, 5) is 0. The molecule has 29 heavy (non-hydrogen) atoms. The predicted molar refractivity (Wildman–Crippen MR) is 116 cm³/mol. The van der Waals surface area contributed by atoms with Crippen LogP contribution < -0.4 is 18.5 Å². The Labute approximate surface area is 169 Å². The van der Waals surface area contributed by atoms with Crippen LogP contribution in [0.25, 0.3) is 21.5 Å². The molecule has 4 aromatic rings. The lowest BCUT2D eigenvalue weighted by molar-refractivity contribution is 0.394. The minimum Gasteiger partial charge on any atom is -0.496 e. The Morgan fingerprint density at radius 3 is 1.21 bits per heavy atom. The van der Waals surface area contributed by atoms with E-state index in [1.54, 1.807) is 38.5 Å². The maximum atomic E-state index is 13.2. The van der Waals surface area contributed by atoms with Gasteiger partial charge >= 0.3 is 7.60 Å². The summed E-state index contributed by atoms with van der Waals surface area (Å²) in [5.74, 6) is 2.40. The van der Waals surface area contributed by atoms with Gasteiger partial charge in [-0.2, -0.15) is 0 Å². The van der Waals surface area contributed by atoms with Crippen LogP contribution in [-0.2, 0) is 4.57 Å². The van der Waals surface area contributed by atoms with Gasteiger partial charge < -0.3 is 18.5 Å². The standard InChI is InChI=1S/C23H21O5P/c1-25-20-12-14-22(18-10-6-4-8-16(18)20)27-29(3,24)28-23-15-13-21(26-2)17-9-5-7-11-19(17)23/h4-15H,1-3H3. The van der Waals surface area contributed by atoms with Crippen molar-refractivity contribution in [1.82, 2.24) is 0 Å². The molecule has 148 valence electrons. The summed E-state index contributed by atoms with van der Waals surface area (Å²) >= 11 is 0. The first-order valence-corrected chi connectivity index (χ1v) is 11.1. The number of benzene rings is 4. The molecular weight excluding hydrogens is 387 g/mol. The summed E-state index contributed by atoms with van der Waals surface area (Å²) in [6.07, 6.45) is 0. The summed E-state index contributed by atoms with van der Waals surface area (Å²) in [6, 6.07) is 22.4. The van der Waals surface area contributed by atoms with E-state index in [4.69, 9.17) is 18.5 Å². The largest absolute Gasteiger partial charge is 0.496 e. The Kier molecular flexibility index (Phi) is 5.08. The molecule has 0 amide bonds. The molecule has 4 rings (SSSR count). The molecule has 0 saturated heterocycles. The van der Waals surface area contributed by atoms with E-state index >= 15 is 0 Å². The van der Waals surface area contributed by atoms with Crippen LogP contribution in [-0.4, -0.2) is 20.9 Å². The minimum absolute atomic E-state index is 0.477. The summed E-state index contributed by atoms with van der Waals surface area (Å²) < 4.78 is 35.8. The molecule has 0 atom stereocenters. The lowest BCUT2D eigenvalue weighted by Gasteiger charge is -2.19. The van der Waals surface area contributed by atoms with Gasteiger partial charge in [0.1, 0.15) is 23.0 Å². The maximum absolute atomic E-state index is 13.2. The van der Waals surface area contributed by atoms with Crippen molar-refractivity contribution >= 4 is 29.1 Å². The Hall–Kier alpha value is -3.17. The molecule has 0 fully saturated rings. The van der Waals surface area contributed by atoms with Crippen molar-refractivity contribution in [2.45, 2.75) is 0 Å². The summed E-state index contributed by atoms with van der Waals surface area (Å²) in [5.41, 5.74) is 0. The Balaban J connectivity index is 1.70. The number of hydrogen-bond acceptors (Lipinski definition) is 5. The lowest BCUT2D eigenvalue weighted by Crippen LogP contribution is -2.01. The van der Waals surface area contributed by atoms with Gasteiger partial charge in [-0.3, -0.25) is 0 Å². The molecule has 0 saturated carbocycles. The van der Waals surface area contributed by atoms with Gasteiger partial charge in [-0.1, -0.05) is 48.5 Å². The average molecular weight is 408 g/mol. The first-order chi connectivity index (χ1) is 14.0. The van der Waals surface area contributed by atoms with Crippen molar-refractivity contribution in [1.29, 1.82) is 0 Å². The third-order valence-electron chi connectivity index (χ3n) is 4.66. The zero-order valence-electron chi connectivity index (χ0n) is 16.4. The molecule has 6 heteroatoms. The third kappa shape index (κ3) is 3.74. The van der Waals surface area contributed by atoms with Crippen LogP contribution in [0.5, 0.6) is 23.0 Å². The molecule has 4 aromatic carbocycles. The first kappa shape index (κ1) is 19.2. The fourth-order valence-corrected chi connectivity index (χ4v) is 4.45. The van der Waals surface area contributed by atoms with Crippen molar-refractivity contribution in [2.24, 2.45) is 0 Å². The monoisotopic (exact) mass is 408 g/mol. The molecule has 5 nitrogen and oxygen atoms in total. The minimum atomic E-state index is -3.47. The van der Waals surface area contributed by atoms with Crippen LogP contribution in [0.15, 0.2) is 72.8 Å². The quantitative estimate of drug-likeness (QED) is 0.351. The molecule has 0 aliphatic carbocycles. The van der Waals surface area contributed by atoms with Gasteiger partial charge in [-0.25, -0.2) is 4.57 Å². The number of rotatable bonds is 6. The van der Waals surface area contributed by atoms with E-state index in [-0.39, 0.29) is 0 Å². The van der Waals surface area contributed by atoms with Crippen LogP contribution in [0.1, 0.15) is 0 Å². The Bertz CT molecular complexity index is 1140. The van der Waals surface area contributed by atoms with Crippen molar-refractivity contribution < 1.29 is 23.1 Å². The van der Waals surface area contributed by atoms with E-state index < -0.39 is 7.60 Å². The van der Waals surface area contributed by atoms with Crippen LogP contribution in [0.3, 0.4) is 0 Å². The molecule has 0 spiro atoms. The zero-order valence-corrected chi connectivity index (χ0v) is 17.3. The molecule has 0 aromatic heterocycles. The highest BCUT2D eigenvalue weighted by molar-refractivity contribution is 7.53. The van der Waals surface area contributed by atoms with Gasteiger partial charge in [0.15, 0.2) is 0 Å². The second-order valence-corrected chi connectivity index (χ2v) is 8.48. The molecule has 0 bridgehead atoms. The van der Waals surface area contributed by atoms with Crippen LogP contribution >= 0.6 is 7.60 Å². The highest BCUT2D eigenvalue weighted by Crippen LogP contribution is 2.49. The Morgan fingerprint density at radius 1 is 0.552 bits per heavy atom. The maximum Gasteiger partial charge on any atom is 0.427 e. The molecule has 0 heterocycles. The van der Waals surface area contributed by atoms with Gasteiger partial charge in [-0.05, 0) is 24.3 Å². The fraction of sp³-hybridized carbons (Fsp3) is 0.130. The fourth-order valence-electron chi connectivity index (χ4n) is 3.38. The second-order valence-electron chi connectivity index (χ2n) is 6.58. The summed E-state index contributed by atoms with van der Waals surface area (Å²) in [5, 5.41) is 3.36. The van der Waals surface area contributed by atoms with Gasteiger partial charge in [0.05, 0.1) is 20.9 Å². The lowest BCUT2D eigenvalue weighted by atomic mass is 10.1. The molecule has 0 aliphatic heterocycles. The van der Waals surface area contributed by atoms with E-state index in [1.165, 1.54) is 6.66 Å². The predicted octanol–water partition coefficient (Wildman–Crippen LogP) is 6.29. The van der Waals surface area contributed by atoms with E-state index in [9.17, 15) is 4.57 Å². The molecular formula is C23H21O5P. The highest BCUT2D eigenvalue weighted by atomic mass is 31.2. The average Bonchev–Trinajstić information content (AvgIpc) is 2.74. The van der Waals surface area contributed by atoms with Crippen LogP contribution in [0.4, 0.5) is 0 Å². The summed E-state index contributed by atoms with van der Waals surface area (Å²) in [6.45, 7) is 1.46. The molecule has 0 N–H and O–H groups in total. The third-order valence-corrected chi connectivity index (χ3v) is 5.71. The first-order valence-electron chi connectivity index (χ1n) is 9.10. The van der Waals surface area contributed by atoms with Gasteiger partial charge in [0, 0.05) is 21.5 Å². The van der Waals surface area contributed by atoms with E-state index in [1.807, 2.05) is 48.5 Å². The topological polar surface area (TPSA) is 54.0 Å². The van der Waals surface area contributed by atoms with Crippen molar-refractivity contribution in [3.63, 3.8) is 0 Å². The van der Waals surface area contributed by atoms with Crippen molar-refractivity contribution in [2.75, 3.05) is 20.9 Å². The van der Waals surface area contributed by atoms with Gasteiger partial charge in [0.2, 0.25) is 0 Å². The number of methoxy groups -OCH3 is 2. The smallest absolute Gasteiger partial charge is 0.427 e. The number of hydrogen-bond donors (Lipinski definition) is 0. The van der Waals surface area contributed by atoms with Crippen LogP contribution in [0, 0.1) is 0 Å². The van der Waals surface area contributed by atoms with E-state index in [0.717, 1.165) is 33.0 Å². The van der Waals surface area contributed by atoms with E-state index in [0.29, 0.717) is 11.5 Å². The second kappa shape index (κ2) is 7.69. The van der Waals surface area contributed by atoms with Crippen molar-refractivity contribution in [3.05, 3.63) is 72.8 Å². The van der Waals surface area contributed by atoms with Gasteiger partial charge in [-0.15, -0.1) is 0 Å². The molecule has 0 unspecified atom stereocenters. The normalized spacial score (nSPS) is 11.4. The van der Waals surface area contributed by atoms with Crippen LogP contribution in [0.2, 0.25) is 0 Å². The van der Waals surface area contributed by atoms with Crippen molar-refractivity contribution in [3.8, 4) is 23.0 Å². The zero-order chi connectivity index (χ0) is 20.4. The van der Waals surface area contributed by atoms with Gasteiger partial charge in [0.25, 0.3) is 0 Å².